The van der Waals surface area contributed by atoms with Crippen molar-refractivity contribution in [1.29, 1.82) is 0 Å². The van der Waals surface area contributed by atoms with Crippen LogP contribution in [-0.4, -0.2) is 34.5 Å². The quantitative estimate of drug-likeness (QED) is 0.638. The smallest absolute Gasteiger partial charge is 0.240 e. The van der Waals surface area contributed by atoms with Crippen molar-refractivity contribution in [3.63, 3.8) is 0 Å². The number of carbonyl (C=O) groups is 1. The Labute approximate surface area is 113 Å². The number of carbonyl (C=O) groups excluding carboxylic acids is 1. The fourth-order valence-corrected chi connectivity index (χ4v) is 2.55. The first kappa shape index (κ1) is 15.6. The molecule has 0 fully saturated rings. The first-order valence-corrected chi connectivity index (χ1v) is 7.46. The molecule has 7 heteroatoms. The highest BCUT2D eigenvalue weighted by Crippen LogP contribution is 2.13. The molecule has 6 nitrogen and oxygen atoms in total. The van der Waals surface area contributed by atoms with E-state index in [2.05, 4.69) is 15.4 Å². The SMILES string of the molecule is CNCCCNS(=O)(=O)c1ccc(NC(C)=O)cc1. The van der Waals surface area contributed by atoms with E-state index < -0.39 is 10.0 Å². The van der Waals surface area contributed by atoms with Gasteiger partial charge in [-0.3, -0.25) is 4.79 Å². The Morgan fingerprint density at radius 3 is 2.32 bits per heavy atom. The number of hydrogen-bond donors (Lipinski definition) is 3. The minimum absolute atomic E-state index is 0.186. The second kappa shape index (κ2) is 7.22. The van der Waals surface area contributed by atoms with Crippen LogP contribution in [0.5, 0.6) is 0 Å². The molecule has 0 aliphatic carbocycles. The van der Waals surface area contributed by atoms with Crippen LogP contribution in [0.2, 0.25) is 0 Å². The average molecular weight is 285 g/mol. The summed E-state index contributed by atoms with van der Waals surface area (Å²) in [6.07, 6.45) is 0.722. The van der Waals surface area contributed by atoms with E-state index >= 15 is 0 Å². The molecule has 1 aromatic carbocycles. The van der Waals surface area contributed by atoms with Crippen molar-refractivity contribution >= 4 is 21.6 Å². The topological polar surface area (TPSA) is 87.3 Å². The first-order chi connectivity index (χ1) is 8.95. The zero-order chi connectivity index (χ0) is 14.3. The third-order valence-electron chi connectivity index (χ3n) is 2.38. The molecule has 0 saturated heterocycles. The fourth-order valence-electron chi connectivity index (χ4n) is 1.48. The predicted molar refractivity (Wildman–Crippen MR) is 74.5 cm³/mol. The molecule has 0 aliphatic heterocycles. The Morgan fingerprint density at radius 1 is 1.16 bits per heavy atom. The van der Waals surface area contributed by atoms with Crippen LogP contribution in [-0.2, 0) is 14.8 Å². The third-order valence-corrected chi connectivity index (χ3v) is 3.86. The summed E-state index contributed by atoms with van der Waals surface area (Å²) in [5.41, 5.74) is 0.571. The van der Waals surface area contributed by atoms with Crippen molar-refractivity contribution in [2.45, 2.75) is 18.2 Å². The number of sulfonamides is 1. The van der Waals surface area contributed by atoms with Crippen molar-refractivity contribution in [3.8, 4) is 0 Å². The van der Waals surface area contributed by atoms with Crippen molar-refractivity contribution in [3.05, 3.63) is 24.3 Å². The van der Waals surface area contributed by atoms with E-state index in [-0.39, 0.29) is 10.8 Å². The van der Waals surface area contributed by atoms with Gasteiger partial charge < -0.3 is 10.6 Å². The van der Waals surface area contributed by atoms with E-state index in [0.29, 0.717) is 12.2 Å². The van der Waals surface area contributed by atoms with Gasteiger partial charge in [0.1, 0.15) is 0 Å². The highest BCUT2D eigenvalue weighted by atomic mass is 32.2. The Bertz CT molecular complexity index is 512. The van der Waals surface area contributed by atoms with Gasteiger partial charge >= 0.3 is 0 Å². The maximum absolute atomic E-state index is 11.9. The molecule has 1 rings (SSSR count). The van der Waals surface area contributed by atoms with Gasteiger partial charge in [0.15, 0.2) is 0 Å². The normalized spacial score (nSPS) is 11.3. The van der Waals surface area contributed by atoms with Gasteiger partial charge in [0.05, 0.1) is 4.90 Å². The highest BCUT2D eigenvalue weighted by Gasteiger charge is 2.12. The van der Waals surface area contributed by atoms with E-state index in [1.807, 2.05) is 7.05 Å². The van der Waals surface area contributed by atoms with Gasteiger partial charge in [-0.15, -0.1) is 0 Å². The van der Waals surface area contributed by atoms with Crippen LogP contribution in [0, 0.1) is 0 Å². The summed E-state index contributed by atoms with van der Waals surface area (Å²) in [5.74, 6) is -0.194. The lowest BCUT2D eigenvalue weighted by Crippen LogP contribution is -2.26. The monoisotopic (exact) mass is 285 g/mol. The molecule has 0 aromatic heterocycles. The lowest BCUT2D eigenvalue weighted by molar-refractivity contribution is -0.114. The Hall–Kier alpha value is -1.44. The number of rotatable bonds is 7. The molecule has 0 aliphatic rings. The van der Waals surface area contributed by atoms with Gasteiger partial charge in [-0.25, -0.2) is 13.1 Å². The average Bonchev–Trinajstić information content (AvgIpc) is 2.35. The molecule has 0 saturated carbocycles. The standard InChI is InChI=1S/C12H19N3O3S/c1-10(16)15-11-4-6-12(7-5-11)19(17,18)14-9-3-8-13-2/h4-7,13-14H,3,8-9H2,1-2H3,(H,15,16). The number of amides is 1. The largest absolute Gasteiger partial charge is 0.326 e. The van der Waals surface area contributed by atoms with Gasteiger partial charge in [0.25, 0.3) is 0 Å². The third kappa shape index (κ3) is 5.37. The zero-order valence-electron chi connectivity index (χ0n) is 11.1. The molecule has 0 bridgehead atoms. The van der Waals surface area contributed by atoms with E-state index in [1.54, 1.807) is 12.1 Å². The van der Waals surface area contributed by atoms with Crippen LogP contribution in [0.1, 0.15) is 13.3 Å². The number of anilines is 1. The lowest BCUT2D eigenvalue weighted by Gasteiger charge is -2.07. The second-order valence-corrected chi connectivity index (χ2v) is 5.83. The maximum atomic E-state index is 11.9. The molecule has 0 radical (unpaired) electrons. The van der Waals surface area contributed by atoms with Gasteiger partial charge in [-0.05, 0) is 44.3 Å². The summed E-state index contributed by atoms with van der Waals surface area (Å²) < 4.78 is 26.3. The molecule has 1 aromatic rings. The van der Waals surface area contributed by atoms with E-state index in [0.717, 1.165) is 13.0 Å². The molecule has 0 unspecified atom stereocenters. The fraction of sp³-hybridized carbons (Fsp3) is 0.417. The number of hydrogen-bond acceptors (Lipinski definition) is 4. The van der Waals surface area contributed by atoms with Gasteiger partial charge in [0.2, 0.25) is 15.9 Å². The minimum Gasteiger partial charge on any atom is -0.326 e. The molecule has 106 valence electrons. The minimum atomic E-state index is -3.48. The summed E-state index contributed by atoms with van der Waals surface area (Å²) in [6.45, 7) is 2.54. The van der Waals surface area contributed by atoms with Crippen molar-refractivity contribution < 1.29 is 13.2 Å². The van der Waals surface area contributed by atoms with E-state index in [1.165, 1.54) is 19.1 Å². The van der Waals surface area contributed by atoms with Crippen molar-refractivity contribution in [1.82, 2.24) is 10.0 Å². The predicted octanol–water partition coefficient (Wildman–Crippen LogP) is 0.533. The maximum Gasteiger partial charge on any atom is 0.240 e. The van der Waals surface area contributed by atoms with Crippen molar-refractivity contribution in [2.75, 3.05) is 25.5 Å². The Balaban J connectivity index is 2.65. The van der Waals surface area contributed by atoms with E-state index in [9.17, 15) is 13.2 Å². The molecular formula is C12H19N3O3S. The van der Waals surface area contributed by atoms with Crippen LogP contribution in [0.15, 0.2) is 29.2 Å². The summed E-state index contributed by atoms with van der Waals surface area (Å²) in [4.78, 5) is 11.0. The van der Waals surface area contributed by atoms with Crippen LogP contribution >= 0.6 is 0 Å². The molecule has 19 heavy (non-hydrogen) atoms. The molecular weight excluding hydrogens is 266 g/mol. The molecule has 0 atom stereocenters. The first-order valence-electron chi connectivity index (χ1n) is 5.97. The summed E-state index contributed by atoms with van der Waals surface area (Å²) in [6, 6.07) is 6.05. The number of benzene rings is 1. The molecule has 0 heterocycles. The van der Waals surface area contributed by atoms with E-state index in [4.69, 9.17) is 0 Å². The van der Waals surface area contributed by atoms with Gasteiger partial charge in [-0.2, -0.15) is 0 Å². The van der Waals surface area contributed by atoms with Crippen LogP contribution in [0.3, 0.4) is 0 Å². The zero-order valence-corrected chi connectivity index (χ0v) is 11.9. The summed E-state index contributed by atoms with van der Waals surface area (Å²) in [7, 11) is -1.66. The molecule has 1 amide bonds. The lowest BCUT2D eigenvalue weighted by atomic mass is 10.3. The van der Waals surface area contributed by atoms with Gasteiger partial charge in [0, 0.05) is 19.2 Å². The summed E-state index contributed by atoms with van der Waals surface area (Å²) >= 11 is 0. The van der Waals surface area contributed by atoms with Crippen LogP contribution < -0.4 is 15.4 Å². The molecule has 3 N–H and O–H groups in total. The van der Waals surface area contributed by atoms with Crippen LogP contribution in [0.4, 0.5) is 5.69 Å². The highest BCUT2D eigenvalue weighted by molar-refractivity contribution is 7.89. The summed E-state index contributed by atoms with van der Waals surface area (Å²) in [5, 5.41) is 5.53. The van der Waals surface area contributed by atoms with Gasteiger partial charge in [-0.1, -0.05) is 0 Å². The van der Waals surface area contributed by atoms with Crippen LogP contribution in [0.25, 0.3) is 0 Å². The Morgan fingerprint density at radius 2 is 1.79 bits per heavy atom. The molecule has 0 spiro atoms. The number of nitrogens with one attached hydrogen (secondary N) is 3. The Kier molecular flexibility index (Phi) is 5.94. The van der Waals surface area contributed by atoms with Crippen molar-refractivity contribution in [2.24, 2.45) is 0 Å². The second-order valence-electron chi connectivity index (χ2n) is 4.06.